The summed E-state index contributed by atoms with van der Waals surface area (Å²) in [5, 5.41) is 9.94. The van der Waals surface area contributed by atoms with Crippen molar-refractivity contribution in [2.75, 3.05) is 18.1 Å². The first-order chi connectivity index (χ1) is 13.5. The van der Waals surface area contributed by atoms with Crippen LogP contribution in [0.1, 0.15) is 16.1 Å². The first-order valence-electron chi connectivity index (χ1n) is 8.73. The van der Waals surface area contributed by atoms with Gasteiger partial charge in [-0.25, -0.2) is 0 Å². The van der Waals surface area contributed by atoms with Crippen molar-refractivity contribution in [3.05, 3.63) is 74.3 Å². The molecule has 0 radical (unpaired) electrons. The van der Waals surface area contributed by atoms with Crippen molar-refractivity contribution in [3.8, 4) is 0 Å². The molecule has 3 aromatic rings. The summed E-state index contributed by atoms with van der Waals surface area (Å²) in [7, 11) is 0. The second kappa shape index (κ2) is 9.52. The number of carbonyl (C=O) groups excluding carboxylic acids is 1. The summed E-state index contributed by atoms with van der Waals surface area (Å²) in [5.74, 6) is 5.84. The first-order valence-corrected chi connectivity index (χ1v) is 10.6. The molecule has 0 saturated carbocycles. The van der Waals surface area contributed by atoms with Crippen LogP contribution < -0.4 is 11.4 Å². The average Bonchev–Trinajstić information content (AvgIpc) is 3.22. The molecule has 3 rings (SSSR count). The maximum atomic E-state index is 12.9. The van der Waals surface area contributed by atoms with E-state index in [2.05, 4.69) is 22.3 Å². The van der Waals surface area contributed by atoms with E-state index in [0.29, 0.717) is 13.1 Å². The third-order valence-corrected chi connectivity index (χ3v) is 5.93. The number of rotatable bonds is 8. The predicted octanol–water partition coefficient (Wildman–Crippen LogP) is 2.09. The third-order valence-electron chi connectivity index (χ3n) is 4.14. The van der Waals surface area contributed by atoms with Crippen LogP contribution >= 0.6 is 23.1 Å². The summed E-state index contributed by atoms with van der Waals surface area (Å²) in [5.41, 5.74) is 0.990. The molecular weight excluding hydrogens is 394 g/mol. The number of aryl methyl sites for hydroxylation is 1. The number of aromatic nitrogens is 3. The number of nitrogen functional groups attached to an aromatic ring is 1. The van der Waals surface area contributed by atoms with Gasteiger partial charge < -0.3 is 10.7 Å². The van der Waals surface area contributed by atoms with E-state index in [1.54, 1.807) is 18.3 Å². The van der Waals surface area contributed by atoms with Gasteiger partial charge in [-0.15, -0.1) is 21.5 Å². The molecule has 9 heteroatoms. The lowest BCUT2D eigenvalue weighted by molar-refractivity contribution is -0.128. The number of thiophene rings is 1. The van der Waals surface area contributed by atoms with Crippen LogP contribution in [0.4, 0.5) is 0 Å². The van der Waals surface area contributed by atoms with E-state index in [9.17, 15) is 9.59 Å². The van der Waals surface area contributed by atoms with Crippen LogP contribution in [-0.4, -0.2) is 38.0 Å². The topological polar surface area (TPSA) is 94.1 Å². The minimum absolute atomic E-state index is 0.0378. The van der Waals surface area contributed by atoms with Crippen molar-refractivity contribution in [2.24, 2.45) is 0 Å². The lowest BCUT2D eigenvalue weighted by Gasteiger charge is -2.22. The number of thioether (sulfide) groups is 1. The van der Waals surface area contributed by atoms with Gasteiger partial charge in [-0.05, 0) is 30.4 Å². The summed E-state index contributed by atoms with van der Waals surface area (Å²) >= 11 is 2.74. The Hall–Kier alpha value is -2.65. The second-order valence-electron chi connectivity index (χ2n) is 6.16. The predicted molar refractivity (Wildman–Crippen MR) is 112 cm³/mol. The van der Waals surface area contributed by atoms with Crippen molar-refractivity contribution in [1.82, 2.24) is 19.8 Å². The fourth-order valence-electron chi connectivity index (χ4n) is 2.58. The molecule has 0 aliphatic heterocycles. The fourth-order valence-corrected chi connectivity index (χ4v) is 4.05. The standard InChI is InChI=1S/C19H21N5O2S2/c1-14-18(26)24(20)19(22-21-14)28-13-17(25)23(12-16-8-5-11-27-16)10-9-15-6-3-2-4-7-15/h2-8,11H,9-10,12-13,20H2,1H3. The van der Waals surface area contributed by atoms with Gasteiger partial charge in [0, 0.05) is 11.4 Å². The van der Waals surface area contributed by atoms with Crippen LogP contribution in [-0.2, 0) is 17.8 Å². The molecule has 0 bridgehead atoms. The van der Waals surface area contributed by atoms with Crippen LogP contribution in [0.3, 0.4) is 0 Å². The second-order valence-corrected chi connectivity index (χ2v) is 8.14. The molecule has 0 unspecified atom stereocenters. The summed E-state index contributed by atoms with van der Waals surface area (Å²) in [6.07, 6.45) is 0.772. The molecule has 28 heavy (non-hydrogen) atoms. The number of hydrogen-bond acceptors (Lipinski definition) is 7. The molecule has 0 aliphatic carbocycles. The highest BCUT2D eigenvalue weighted by atomic mass is 32.2. The molecule has 0 saturated heterocycles. The monoisotopic (exact) mass is 415 g/mol. The highest BCUT2D eigenvalue weighted by Crippen LogP contribution is 2.16. The molecule has 2 aromatic heterocycles. The van der Waals surface area contributed by atoms with E-state index < -0.39 is 5.56 Å². The van der Waals surface area contributed by atoms with E-state index in [1.165, 1.54) is 5.56 Å². The SMILES string of the molecule is Cc1nnc(SCC(=O)N(CCc2ccccc2)Cc2cccs2)n(N)c1=O. The third kappa shape index (κ3) is 5.20. The molecule has 7 nitrogen and oxygen atoms in total. The Morgan fingerprint density at radius 3 is 2.71 bits per heavy atom. The van der Waals surface area contributed by atoms with E-state index in [4.69, 9.17) is 5.84 Å². The van der Waals surface area contributed by atoms with Gasteiger partial charge >= 0.3 is 0 Å². The summed E-state index contributed by atoms with van der Waals surface area (Å²) in [6.45, 7) is 2.71. The van der Waals surface area contributed by atoms with Crippen molar-refractivity contribution >= 4 is 29.0 Å². The number of benzene rings is 1. The molecule has 0 aliphatic rings. The molecule has 2 N–H and O–H groups in total. The maximum absolute atomic E-state index is 12.9. The normalized spacial score (nSPS) is 10.8. The van der Waals surface area contributed by atoms with Gasteiger partial charge in [-0.1, -0.05) is 48.2 Å². The van der Waals surface area contributed by atoms with Crippen LogP contribution in [0, 0.1) is 6.92 Å². The Morgan fingerprint density at radius 2 is 2.00 bits per heavy atom. The molecular formula is C19H21N5O2S2. The minimum atomic E-state index is -0.413. The van der Waals surface area contributed by atoms with Gasteiger partial charge in [-0.2, -0.15) is 4.68 Å². The summed E-state index contributed by atoms with van der Waals surface area (Å²) in [4.78, 5) is 27.7. The smallest absolute Gasteiger partial charge is 0.294 e. The van der Waals surface area contributed by atoms with Gasteiger partial charge in [0.2, 0.25) is 11.1 Å². The maximum Gasteiger partial charge on any atom is 0.294 e. The Labute approximate surface area is 171 Å². The van der Waals surface area contributed by atoms with Gasteiger partial charge in [-0.3, -0.25) is 9.59 Å². The van der Waals surface area contributed by atoms with E-state index >= 15 is 0 Å². The molecule has 1 aromatic carbocycles. The highest BCUT2D eigenvalue weighted by Gasteiger charge is 2.17. The Morgan fingerprint density at radius 1 is 1.21 bits per heavy atom. The average molecular weight is 416 g/mol. The van der Waals surface area contributed by atoms with Crippen LogP contribution in [0.25, 0.3) is 0 Å². The lowest BCUT2D eigenvalue weighted by atomic mass is 10.1. The fraction of sp³-hybridized carbons (Fsp3) is 0.263. The Kier molecular flexibility index (Phi) is 6.83. The zero-order chi connectivity index (χ0) is 19.9. The largest absolute Gasteiger partial charge is 0.336 e. The number of hydrogen-bond donors (Lipinski definition) is 1. The van der Waals surface area contributed by atoms with Crippen molar-refractivity contribution in [3.63, 3.8) is 0 Å². The van der Waals surface area contributed by atoms with Crippen molar-refractivity contribution in [1.29, 1.82) is 0 Å². The zero-order valence-electron chi connectivity index (χ0n) is 15.4. The van der Waals surface area contributed by atoms with Crippen molar-refractivity contribution < 1.29 is 4.79 Å². The zero-order valence-corrected chi connectivity index (χ0v) is 17.1. The highest BCUT2D eigenvalue weighted by molar-refractivity contribution is 7.99. The Bertz CT molecular complexity index is 974. The molecule has 1 amide bonds. The number of amides is 1. The summed E-state index contributed by atoms with van der Waals surface area (Å²) in [6, 6.07) is 14.1. The van der Waals surface area contributed by atoms with E-state index in [0.717, 1.165) is 27.7 Å². The van der Waals surface area contributed by atoms with E-state index in [-0.39, 0.29) is 22.5 Å². The number of nitrogens with two attached hydrogens (primary N) is 1. The van der Waals surface area contributed by atoms with Gasteiger partial charge in [0.15, 0.2) is 0 Å². The minimum Gasteiger partial charge on any atom is -0.336 e. The molecule has 0 spiro atoms. The van der Waals surface area contributed by atoms with Crippen LogP contribution in [0.5, 0.6) is 0 Å². The van der Waals surface area contributed by atoms with Crippen LogP contribution in [0.2, 0.25) is 0 Å². The summed E-state index contributed by atoms with van der Waals surface area (Å²) < 4.78 is 0.938. The number of nitrogens with zero attached hydrogens (tertiary/aromatic N) is 4. The molecule has 2 heterocycles. The van der Waals surface area contributed by atoms with E-state index in [1.807, 2.05) is 40.6 Å². The van der Waals surface area contributed by atoms with Crippen LogP contribution in [0.15, 0.2) is 57.8 Å². The number of carbonyl (C=O) groups is 1. The molecule has 146 valence electrons. The van der Waals surface area contributed by atoms with Gasteiger partial charge in [0.25, 0.3) is 5.56 Å². The van der Waals surface area contributed by atoms with Gasteiger partial charge in [0.1, 0.15) is 5.69 Å². The quantitative estimate of drug-likeness (QED) is 0.447. The lowest BCUT2D eigenvalue weighted by Crippen LogP contribution is -2.35. The molecule has 0 fully saturated rings. The van der Waals surface area contributed by atoms with Crippen molar-refractivity contribution in [2.45, 2.75) is 25.0 Å². The van der Waals surface area contributed by atoms with Gasteiger partial charge in [0.05, 0.1) is 12.3 Å². The molecule has 0 atom stereocenters. The Balaban J connectivity index is 1.67. The first kappa shape index (κ1) is 20.1.